The van der Waals surface area contributed by atoms with Crippen molar-refractivity contribution in [1.82, 2.24) is 0 Å². The van der Waals surface area contributed by atoms with E-state index in [1.165, 1.54) is 23.2 Å². The van der Waals surface area contributed by atoms with E-state index in [4.69, 9.17) is 10.00 Å². The highest BCUT2D eigenvalue weighted by Crippen LogP contribution is 2.34. The summed E-state index contributed by atoms with van der Waals surface area (Å²) in [5.41, 5.74) is -2.06. The second-order valence-electron chi connectivity index (χ2n) is 6.04. The number of nitrogens with zero attached hydrogens (tertiary/aromatic N) is 2. The first-order chi connectivity index (χ1) is 11.0. The van der Waals surface area contributed by atoms with Gasteiger partial charge in [-0.15, -0.1) is 0 Å². The van der Waals surface area contributed by atoms with Gasteiger partial charge in [-0.05, 0) is 45.9 Å². The average Bonchev–Trinajstić information content (AvgIpc) is 2.43. The van der Waals surface area contributed by atoms with Crippen LogP contribution in [0.15, 0.2) is 30.5 Å². The Morgan fingerprint density at radius 2 is 1.96 bits per heavy atom. The first-order valence-electron chi connectivity index (χ1n) is 7.20. The fourth-order valence-corrected chi connectivity index (χ4v) is 1.97. The Bertz CT molecular complexity index is 668. The zero-order valence-electron chi connectivity index (χ0n) is 13.9. The van der Waals surface area contributed by atoms with E-state index >= 15 is 0 Å². The molecule has 0 aromatic heterocycles. The van der Waals surface area contributed by atoms with Crippen molar-refractivity contribution < 1.29 is 22.7 Å². The summed E-state index contributed by atoms with van der Waals surface area (Å²) in [5, 5.41) is 8.84. The molecule has 7 heteroatoms. The Balaban J connectivity index is 3.18. The molecule has 0 aliphatic heterocycles. The quantitative estimate of drug-likeness (QED) is 0.769. The minimum atomic E-state index is -4.66. The van der Waals surface area contributed by atoms with Gasteiger partial charge in [-0.3, -0.25) is 4.79 Å². The largest absolute Gasteiger partial charge is 0.459 e. The molecule has 0 radical (unpaired) electrons. The monoisotopic (exact) mass is 340 g/mol. The van der Waals surface area contributed by atoms with Crippen LogP contribution in [0.2, 0.25) is 0 Å². The number of benzene rings is 1. The van der Waals surface area contributed by atoms with Crippen molar-refractivity contribution in [2.45, 2.75) is 39.5 Å². The van der Waals surface area contributed by atoms with E-state index in [9.17, 15) is 18.0 Å². The average molecular weight is 340 g/mol. The molecule has 0 spiro atoms. The lowest BCUT2D eigenvalue weighted by molar-refractivity contribution is -0.152. The number of carbonyl (C=O) groups excluding carboxylic acids is 1. The maximum Gasteiger partial charge on any atom is 0.417 e. The van der Waals surface area contributed by atoms with Gasteiger partial charge in [0.2, 0.25) is 0 Å². The third-order valence-corrected chi connectivity index (χ3v) is 2.81. The van der Waals surface area contributed by atoms with E-state index < -0.39 is 28.9 Å². The second kappa shape index (κ2) is 7.39. The highest BCUT2D eigenvalue weighted by molar-refractivity contribution is 5.77. The first kappa shape index (κ1) is 19.6. The fourth-order valence-electron chi connectivity index (χ4n) is 1.97. The lowest BCUT2D eigenvalue weighted by atomic mass is 10.1. The summed E-state index contributed by atoms with van der Waals surface area (Å²) in [4.78, 5) is 13.3. The van der Waals surface area contributed by atoms with E-state index in [-0.39, 0.29) is 12.2 Å². The molecule has 0 heterocycles. The van der Waals surface area contributed by atoms with Gasteiger partial charge in [0.1, 0.15) is 12.1 Å². The van der Waals surface area contributed by atoms with E-state index in [1.54, 1.807) is 33.8 Å². The number of alkyl halides is 3. The number of ether oxygens (including phenoxy) is 1. The molecule has 0 saturated heterocycles. The molecule has 0 fully saturated rings. The number of halogens is 3. The van der Waals surface area contributed by atoms with Gasteiger partial charge in [0, 0.05) is 11.9 Å². The summed E-state index contributed by atoms with van der Waals surface area (Å²) in [6.07, 6.45) is -1.59. The van der Waals surface area contributed by atoms with Crippen LogP contribution in [0.25, 0.3) is 0 Å². The lowest BCUT2D eigenvalue weighted by Crippen LogP contribution is -2.32. The first-order valence-corrected chi connectivity index (χ1v) is 7.20. The molecule has 0 unspecified atom stereocenters. The lowest BCUT2D eigenvalue weighted by Gasteiger charge is -2.24. The van der Waals surface area contributed by atoms with Gasteiger partial charge in [0.05, 0.1) is 17.2 Å². The van der Waals surface area contributed by atoms with Crippen molar-refractivity contribution >= 4 is 11.7 Å². The maximum atomic E-state index is 13.1. The van der Waals surface area contributed by atoms with Crippen molar-refractivity contribution in [3.05, 3.63) is 41.6 Å². The van der Waals surface area contributed by atoms with Crippen LogP contribution in [0.3, 0.4) is 0 Å². The normalized spacial score (nSPS) is 12.1. The van der Waals surface area contributed by atoms with Crippen LogP contribution in [0.5, 0.6) is 0 Å². The van der Waals surface area contributed by atoms with E-state index in [0.29, 0.717) is 0 Å². The molecular weight excluding hydrogens is 321 g/mol. The number of nitriles is 1. The Hall–Kier alpha value is -2.49. The van der Waals surface area contributed by atoms with Gasteiger partial charge in [-0.2, -0.15) is 18.4 Å². The van der Waals surface area contributed by atoms with Crippen molar-refractivity contribution in [3.8, 4) is 6.07 Å². The van der Waals surface area contributed by atoms with Gasteiger partial charge in [0.15, 0.2) is 0 Å². The molecule has 0 aliphatic carbocycles. The predicted octanol–water partition coefficient (Wildman–Crippen LogP) is 4.26. The summed E-state index contributed by atoms with van der Waals surface area (Å²) in [6, 6.07) is 4.82. The number of carbonyl (C=O) groups is 1. The highest BCUT2D eigenvalue weighted by atomic mass is 19.4. The Labute approximate surface area is 139 Å². The molecule has 24 heavy (non-hydrogen) atoms. The highest BCUT2D eigenvalue weighted by Gasteiger charge is 2.34. The third kappa shape index (κ3) is 5.61. The van der Waals surface area contributed by atoms with Crippen molar-refractivity contribution in [3.63, 3.8) is 0 Å². The molecule has 0 aliphatic rings. The molecule has 1 aromatic carbocycles. The molecule has 0 amide bonds. The minimum Gasteiger partial charge on any atom is -0.459 e. The van der Waals surface area contributed by atoms with Gasteiger partial charge < -0.3 is 9.64 Å². The Morgan fingerprint density at radius 3 is 2.42 bits per heavy atom. The number of anilines is 1. The minimum absolute atomic E-state index is 0.144. The zero-order chi connectivity index (χ0) is 18.5. The summed E-state index contributed by atoms with van der Waals surface area (Å²) in [7, 11) is 0. The third-order valence-electron chi connectivity index (χ3n) is 2.81. The summed E-state index contributed by atoms with van der Waals surface area (Å²) < 4.78 is 44.4. The van der Waals surface area contributed by atoms with Crippen LogP contribution in [0, 0.1) is 11.3 Å². The smallest absolute Gasteiger partial charge is 0.417 e. The van der Waals surface area contributed by atoms with Crippen molar-refractivity contribution in [2.24, 2.45) is 0 Å². The van der Waals surface area contributed by atoms with Crippen LogP contribution in [0.4, 0.5) is 18.9 Å². The SMILES string of the molecule is CC=CN(CC(=O)OC(C)(C)C)c1ccc(C#N)c(C(F)(F)F)c1. The van der Waals surface area contributed by atoms with E-state index in [2.05, 4.69) is 0 Å². The van der Waals surface area contributed by atoms with Crippen LogP contribution < -0.4 is 4.90 Å². The molecule has 4 nitrogen and oxygen atoms in total. The standard InChI is InChI=1S/C17H19F3N2O2/c1-5-8-22(11-15(23)24-16(2,3)4)13-7-6-12(10-21)14(9-13)17(18,19)20/h5-9H,11H2,1-4H3. The summed E-state index contributed by atoms with van der Waals surface area (Å²) >= 11 is 0. The molecule has 1 rings (SSSR count). The summed E-state index contributed by atoms with van der Waals surface area (Å²) in [5.74, 6) is -0.571. The van der Waals surface area contributed by atoms with Gasteiger partial charge in [0.25, 0.3) is 0 Å². The number of rotatable bonds is 4. The molecule has 0 atom stereocenters. The topological polar surface area (TPSA) is 53.3 Å². The molecule has 0 N–H and O–H groups in total. The van der Waals surface area contributed by atoms with Gasteiger partial charge in [-0.25, -0.2) is 0 Å². The van der Waals surface area contributed by atoms with Crippen molar-refractivity contribution in [1.29, 1.82) is 5.26 Å². The molecule has 0 bridgehead atoms. The van der Waals surface area contributed by atoms with E-state index in [1.807, 2.05) is 0 Å². The molecular formula is C17H19F3N2O2. The van der Waals surface area contributed by atoms with Crippen LogP contribution in [-0.2, 0) is 15.7 Å². The van der Waals surface area contributed by atoms with Crippen molar-refractivity contribution in [2.75, 3.05) is 11.4 Å². The maximum absolute atomic E-state index is 13.1. The Kier molecular flexibility index (Phi) is 6.02. The molecule has 130 valence electrons. The van der Waals surface area contributed by atoms with Gasteiger partial charge in [-0.1, -0.05) is 6.08 Å². The summed E-state index contributed by atoms with van der Waals surface area (Å²) in [6.45, 7) is 6.54. The molecule has 1 aromatic rings. The Morgan fingerprint density at radius 1 is 1.33 bits per heavy atom. The number of esters is 1. The van der Waals surface area contributed by atoms with Crippen LogP contribution in [-0.4, -0.2) is 18.1 Å². The van der Waals surface area contributed by atoms with Gasteiger partial charge >= 0.3 is 12.1 Å². The number of hydrogen-bond donors (Lipinski definition) is 0. The number of allylic oxidation sites excluding steroid dienone is 1. The molecule has 0 saturated carbocycles. The van der Waals surface area contributed by atoms with E-state index in [0.717, 1.165) is 12.1 Å². The number of hydrogen-bond acceptors (Lipinski definition) is 4. The zero-order valence-corrected chi connectivity index (χ0v) is 13.9. The fraction of sp³-hybridized carbons (Fsp3) is 0.412. The second-order valence-corrected chi connectivity index (χ2v) is 6.04. The van der Waals surface area contributed by atoms with Crippen LogP contribution in [0.1, 0.15) is 38.8 Å². The van der Waals surface area contributed by atoms with Crippen LogP contribution >= 0.6 is 0 Å². The predicted molar refractivity (Wildman–Crippen MR) is 84.2 cm³/mol.